The standard InChI is InChI=1S/C7H12O3.C7H6O.C6H5FN4.C3H8/c1-7(2)9-5-3-8-4-6(5)10-7;8-6-7-4-2-1-3-5-7;7-3-1-9-6-4(3)5(8)10-2-11-6;1-3-2/h5-6H,3-4H2,1-2H3;1-6H;1-2H,(H3,8,9,10,11);3H2,1-2H3. The molecule has 3 aromatic rings. The molecule has 0 bridgehead atoms. The quantitative estimate of drug-likeness (QED) is 0.541. The second-order valence-electron chi connectivity index (χ2n) is 7.60. The molecule has 9 heteroatoms. The summed E-state index contributed by atoms with van der Waals surface area (Å²) < 4.78 is 29.0. The van der Waals surface area contributed by atoms with Gasteiger partial charge >= 0.3 is 0 Å². The monoisotopic (exact) mass is 446 g/mol. The van der Waals surface area contributed by atoms with Crippen molar-refractivity contribution in [3.05, 3.63) is 54.2 Å². The smallest absolute Gasteiger partial charge is 0.163 e. The number of rotatable bonds is 1. The molecule has 0 aliphatic carbocycles. The van der Waals surface area contributed by atoms with Crippen LogP contribution in [0.15, 0.2) is 42.9 Å². The lowest BCUT2D eigenvalue weighted by molar-refractivity contribution is -0.164. The molecule has 0 amide bonds. The van der Waals surface area contributed by atoms with Crippen LogP contribution < -0.4 is 5.73 Å². The third-order valence-electron chi connectivity index (χ3n) is 4.24. The lowest BCUT2D eigenvalue weighted by atomic mass is 10.2. The zero-order valence-electron chi connectivity index (χ0n) is 18.9. The number of hydrogen-bond acceptors (Lipinski definition) is 7. The van der Waals surface area contributed by atoms with Crippen molar-refractivity contribution in [3.8, 4) is 0 Å². The number of halogens is 1. The number of H-pyrrole nitrogens is 1. The number of fused-ring (bicyclic) bond motifs is 2. The van der Waals surface area contributed by atoms with Crippen molar-refractivity contribution in [1.29, 1.82) is 0 Å². The Labute approximate surface area is 187 Å². The molecule has 3 N–H and O–H groups in total. The van der Waals surface area contributed by atoms with Crippen LogP contribution in [0.1, 0.15) is 44.5 Å². The summed E-state index contributed by atoms with van der Waals surface area (Å²) in [5.74, 6) is -0.647. The van der Waals surface area contributed by atoms with Crippen LogP contribution in [-0.2, 0) is 14.2 Å². The molecule has 2 aliphatic rings. The topological polar surface area (TPSA) is 112 Å². The minimum absolute atomic E-state index is 0.161. The molecule has 2 fully saturated rings. The number of aromatic amines is 1. The number of nitrogens with one attached hydrogen (secondary N) is 1. The Balaban J connectivity index is 0.000000162. The van der Waals surface area contributed by atoms with Crippen molar-refractivity contribution in [2.45, 2.75) is 52.1 Å². The SMILES string of the molecule is CC1(C)OC2COCC2O1.CCC.Nc1ncnc2[nH]cc(F)c12.O=Cc1ccccc1. The summed E-state index contributed by atoms with van der Waals surface area (Å²) in [6.07, 6.45) is 4.92. The van der Waals surface area contributed by atoms with Gasteiger partial charge in [0.15, 0.2) is 11.6 Å². The summed E-state index contributed by atoms with van der Waals surface area (Å²) in [6.45, 7) is 9.50. The molecule has 32 heavy (non-hydrogen) atoms. The van der Waals surface area contributed by atoms with Gasteiger partial charge in [-0.3, -0.25) is 4.79 Å². The Morgan fingerprint density at radius 1 is 1.16 bits per heavy atom. The fourth-order valence-electron chi connectivity index (χ4n) is 2.97. The molecule has 0 radical (unpaired) electrons. The van der Waals surface area contributed by atoms with E-state index in [1.165, 1.54) is 18.9 Å². The number of benzene rings is 1. The van der Waals surface area contributed by atoms with E-state index in [9.17, 15) is 9.18 Å². The molecule has 2 aliphatic heterocycles. The second kappa shape index (κ2) is 12.2. The van der Waals surface area contributed by atoms with Crippen molar-refractivity contribution in [3.63, 3.8) is 0 Å². The maximum Gasteiger partial charge on any atom is 0.163 e. The number of ether oxygens (including phenoxy) is 3. The van der Waals surface area contributed by atoms with Gasteiger partial charge in [0.05, 0.1) is 18.6 Å². The van der Waals surface area contributed by atoms with Crippen LogP contribution in [0, 0.1) is 5.82 Å². The number of carbonyl (C=O) groups excluding carboxylic acids is 1. The highest BCUT2D eigenvalue weighted by molar-refractivity contribution is 5.85. The second-order valence-corrected chi connectivity index (χ2v) is 7.60. The predicted molar refractivity (Wildman–Crippen MR) is 121 cm³/mol. The molecule has 0 spiro atoms. The zero-order chi connectivity index (χ0) is 23.6. The Kier molecular flexibility index (Phi) is 9.70. The molecule has 4 heterocycles. The summed E-state index contributed by atoms with van der Waals surface area (Å²) in [5, 5.41) is 0.257. The molecule has 5 rings (SSSR count). The Morgan fingerprint density at radius 2 is 1.75 bits per heavy atom. The van der Waals surface area contributed by atoms with Gasteiger partial charge in [0.2, 0.25) is 0 Å². The van der Waals surface area contributed by atoms with E-state index in [0.717, 1.165) is 11.8 Å². The lowest BCUT2D eigenvalue weighted by Crippen LogP contribution is -2.23. The average Bonchev–Trinajstić information content (AvgIpc) is 3.43. The summed E-state index contributed by atoms with van der Waals surface area (Å²) in [4.78, 5) is 20.1. The Hall–Kier alpha value is -2.88. The third kappa shape index (κ3) is 7.37. The van der Waals surface area contributed by atoms with Crippen LogP contribution in [0.25, 0.3) is 11.0 Å². The van der Waals surface area contributed by atoms with E-state index in [2.05, 4.69) is 28.8 Å². The van der Waals surface area contributed by atoms with Gasteiger partial charge < -0.3 is 24.9 Å². The molecule has 2 saturated heterocycles. The normalized spacial score (nSPS) is 20.0. The van der Waals surface area contributed by atoms with Crippen molar-refractivity contribution >= 4 is 23.1 Å². The molecule has 8 nitrogen and oxygen atoms in total. The van der Waals surface area contributed by atoms with Crippen molar-refractivity contribution in [2.24, 2.45) is 0 Å². The fourth-order valence-corrected chi connectivity index (χ4v) is 2.97. The van der Waals surface area contributed by atoms with E-state index in [1.54, 1.807) is 12.1 Å². The summed E-state index contributed by atoms with van der Waals surface area (Å²) in [5.41, 5.74) is 6.55. The van der Waals surface area contributed by atoms with E-state index in [1.807, 2.05) is 32.0 Å². The number of carbonyl (C=O) groups is 1. The molecular formula is C23H31FN4O4. The van der Waals surface area contributed by atoms with Gasteiger partial charge in [-0.2, -0.15) is 0 Å². The van der Waals surface area contributed by atoms with E-state index >= 15 is 0 Å². The highest BCUT2D eigenvalue weighted by Gasteiger charge is 2.44. The molecule has 2 aromatic heterocycles. The van der Waals surface area contributed by atoms with Gasteiger partial charge in [-0.1, -0.05) is 50.6 Å². The molecule has 2 unspecified atom stereocenters. The number of nitrogen functional groups attached to an aromatic ring is 1. The maximum absolute atomic E-state index is 12.8. The Bertz CT molecular complexity index is 951. The van der Waals surface area contributed by atoms with Crippen LogP contribution in [0.4, 0.5) is 10.2 Å². The van der Waals surface area contributed by atoms with Crippen LogP contribution in [-0.4, -0.2) is 52.4 Å². The van der Waals surface area contributed by atoms with E-state index in [4.69, 9.17) is 19.9 Å². The molecule has 174 valence electrons. The molecule has 2 atom stereocenters. The maximum atomic E-state index is 12.8. The van der Waals surface area contributed by atoms with Crippen molar-refractivity contribution in [1.82, 2.24) is 15.0 Å². The average molecular weight is 447 g/mol. The van der Waals surface area contributed by atoms with Gasteiger partial charge in [0.1, 0.15) is 36.3 Å². The lowest BCUT2D eigenvalue weighted by Gasteiger charge is -2.17. The highest BCUT2D eigenvalue weighted by Crippen LogP contribution is 2.31. The largest absolute Gasteiger partial charge is 0.383 e. The van der Waals surface area contributed by atoms with E-state index in [0.29, 0.717) is 18.9 Å². The van der Waals surface area contributed by atoms with Crippen LogP contribution in [0.3, 0.4) is 0 Å². The summed E-state index contributed by atoms with van der Waals surface area (Å²) in [7, 11) is 0. The summed E-state index contributed by atoms with van der Waals surface area (Å²) >= 11 is 0. The highest BCUT2D eigenvalue weighted by atomic mass is 19.1. The van der Waals surface area contributed by atoms with Crippen molar-refractivity contribution < 1.29 is 23.4 Å². The van der Waals surface area contributed by atoms with Gasteiger partial charge in [-0.25, -0.2) is 14.4 Å². The van der Waals surface area contributed by atoms with Gasteiger partial charge in [0.25, 0.3) is 0 Å². The molecular weight excluding hydrogens is 415 g/mol. The number of nitrogens with two attached hydrogens (primary N) is 1. The minimum Gasteiger partial charge on any atom is -0.383 e. The van der Waals surface area contributed by atoms with Gasteiger partial charge in [-0.05, 0) is 13.8 Å². The fraction of sp³-hybridized carbons (Fsp3) is 0.435. The number of aromatic nitrogens is 3. The first-order chi connectivity index (χ1) is 15.3. The minimum atomic E-state index is -0.418. The van der Waals surface area contributed by atoms with Gasteiger partial charge in [-0.15, -0.1) is 0 Å². The first-order valence-corrected chi connectivity index (χ1v) is 10.5. The van der Waals surface area contributed by atoms with Gasteiger partial charge in [0, 0.05) is 11.8 Å². The predicted octanol–water partition coefficient (Wildman–Crippen LogP) is 4.13. The number of hydrogen-bond donors (Lipinski definition) is 2. The number of nitrogens with zero attached hydrogens (tertiary/aromatic N) is 2. The van der Waals surface area contributed by atoms with Crippen LogP contribution in [0.5, 0.6) is 0 Å². The summed E-state index contributed by atoms with van der Waals surface area (Å²) in [6, 6.07) is 9.10. The number of anilines is 1. The first-order valence-electron chi connectivity index (χ1n) is 10.5. The van der Waals surface area contributed by atoms with E-state index in [-0.39, 0.29) is 29.2 Å². The van der Waals surface area contributed by atoms with E-state index < -0.39 is 5.82 Å². The third-order valence-corrected chi connectivity index (χ3v) is 4.24. The first kappa shape index (κ1) is 25.4. The zero-order valence-corrected chi connectivity index (χ0v) is 18.9. The van der Waals surface area contributed by atoms with Crippen molar-refractivity contribution in [2.75, 3.05) is 18.9 Å². The van der Waals surface area contributed by atoms with Crippen LogP contribution >= 0.6 is 0 Å². The molecule has 1 aromatic carbocycles. The van der Waals surface area contributed by atoms with Crippen LogP contribution in [0.2, 0.25) is 0 Å². The number of aldehydes is 1. The Morgan fingerprint density at radius 3 is 2.25 bits per heavy atom. The molecule has 0 saturated carbocycles.